The highest BCUT2D eigenvalue weighted by atomic mass is 35.5. The van der Waals surface area contributed by atoms with Crippen molar-refractivity contribution in [3.63, 3.8) is 0 Å². The molecule has 0 aliphatic rings. The second-order valence-electron chi connectivity index (χ2n) is 5.88. The minimum absolute atomic E-state index is 0.0736. The number of halogens is 3. The van der Waals surface area contributed by atoms with E-state index < -0.39 is 10.0 Å². The summed E-state index contributed by atoms with van der Waals surface area (Å²) in [4.78, 5) is 15.3. The molecule has 0 fully saturated rings. The highest BCUT2D eigenvalue weighted by Crippen LogP contribution is 2.38. The molecule has 0 bridgehead atoms. The van der Waals surface area contributed by atoms with Crippen LogP contribution in [-0.4, -0.2) is 19.3 Å². The molecule has 1 aromatic heterocycles. The Morgan fingerprint density at radius 1 is 1.00 bits per heavy atom. The van der Waals surface area contributed by atoms with Crippen LogP contribution in [0.2, 0.25) is 15.1 Å². The lowest BCUT2D eigenvalue weighted by Crippen LogP contribution is -2.27. The van der Waals surface area contributed by atoms with Crippen LogP contribution in [0.15, 0.2) is 65.7 Å². The molecule has 10 heteroatoms. The van der Waals surface area contributed by atoms with Crippen molar-refractivity contribution >= 4 is 67.9 Å². The summed E-state index contributed by atoms with van der Waals surface area (Å²) in [6.07, 6.45) is 1.47. The van der Waals surface area contributed by atoms with Gasteiger partial charge in [-0.05, 0) is 48.5 Å². The van der Waals surface area contributed by atoms with Gasteiger partial charge in [0.25, 0.3) is 10.0 Å². The molecule has 0 spiro atoms. The van der Waals surface area contributed by atoms with E-state index in [-0.39, 0.29) is 32.4 Å². The third kappa shape index (κ3) is 4.64. The molecular weight excluding hydrogens is 457 g/mol. The number of anilines is 3. The Morgan fingerprint density at radius 3 is 2.34 bits per heavy atom. The van der Waals surface area contributed by atoms with Crippen LogP contribution in [0.5, 0.6) is 0 Å². The quantitative estimate of drug-likeness (QED) is 0.532. The molecule has 1 heterocycles. The molecule has 0 atom stereocenters. The average molecular weight is 471 g/mol. The molecule has 2 aromatic carbocycles. The fourth-order valence-electron chi connectivity index (χ4n) is 2.55. The van der Waals surface area contributed by atoms with Crippen molar-refractivity contribution in [1.29, 1.82) is 0 Å². The van der Waals surface area contributed by atoms with E-state index in [4.69, 9.17) is 34.8 Å². The van der Waals surface area contributed by atoms with Crippen LogP contribution in [0.25, 0.3) is 0 Å². The van der Waals surface area contributed by atoms with Crippen molar-refractivity contribution in [2.75, 3.05) is 9.62 Å². The zero-order valence-corrected chi connectivity index (χ0v) is 18.0. The standard InChI is InChI=1S/C19H14Cl3N3O3S/c1-12(26)24-17-7-6-14(11-15(17)21)29(27,28)25(19-4-2-3-9-23-19)18-8-5-13(20)10-16(18)22/h2-11H,1H3,(H,24,26). The summed E-state index contributed by atoms with van der Waals surface area (Å²) in [5, 5.41) is 3.10. The molecular formula is C19H14Cl3N3O3S. The number of pyridine rings is 1. The molecule has 0 radical (unpaired) electrons. The molecule has 3 rings (SSSR count). The minimum atomic E-state index is -4.16. The summed E-state index contributed by atoms with van der Waals surface area (Å²) in [7, 11) is -4.16. The van der Waals surface area contributed by atoms with Crippen molar-refractivity contribution in [2.24, 2.45) is 0 Å². The van der Waals surface area contributed by atoms with E-state index in [2.05, 4.69) is 10.3 Å². The first-order valence-electron chi connectivity index (χ1n) is 8.18. The Kier molecular flexibility index (Phi) is 6.33. The topological polar surface area (TPSA) is 79.4 Å². The van der Waals surface area contributed by atoms with Crippen LogP contribution in [0.3, 0.4) is 0 Å². The number of benzene rings is 2. The maximum Gasteiger partial charge on any atom is 0.269 e. The second kappa shape index (κ2) is 8.59. The number of carbonyl (C=O) groups is 1. The van der Waals surface area contributed by atoms with Crippen molar-refractivity contribution in [3.05, 3.63) is 75.9 Å². The van der Waals surface area contributed by atoms with Gasteiger partial charge in [0.1, 0.15) is 5.82 Å². The molecule has 0 saturated carbocycles. The Bertz CT molecular complexity index is 1170. The second-order valence-corrected chi connectivity index (χ2v) is 8.91. The zero-order chi connectivity index (χ0) is 21.2. The predicted molar refractivity (Wildman–Crippen MR) is 116 cm³/mol. The van der Waals surface area contributed by atoms with E-state index in [1.165, 1.54) is 55.6 Å². The molecule has 0 aliphatic carbocycles. The summed E-state index contributed by atoms with van der Waals surface area (Å²) < 4.78 is 28.0. The van der Waals surface area contributed by atoms with Gasteiger partial charge in [0.05, 0.1) is 26.3 Å². The SMILES string of the molecule is CC(=O)Nc1ccc(S(=O)(=O)N(c2ccccn2)c2ccc(Cl)cc2Cl)cc1Cl. The maximum atomic E-state index is 13.5. The number of hydrogen-bond acceptors (Lipinski definition) is 4. The van der Waals surface area contributed by atoms with Crippen LogP contribution in [0, 0.1) is 0 Å². The third-order valence-electron chi connectivity index (χ3n) is 3.78. The van der Waals surface area contributed by atoms with Gasteiger partial charge in [-0.2, -0.15) is 0 Å². The van der Waals surface area contributed by atoms with Crippen molar-refractivity contribution in [2.45, 2.75) is 11.8 Å². The van der Waals surface area contributed by atoms with Gasteiger partial charge < -0.3 is 5.32 Å². The summed E-state index contributed by atoms with van der Waals surface area (Å²) in [6, 6.07) is 13.3. The van der Waals surface area contributed by atoms with E-state index in [1.54, 1.807) is 12.1 Å². The van der Waals surface area contributed by atoms with Crippen molar-refractivity contribution in [3.8, 4) is 0 Å². The number of nitrogens with one attached hydrogen (secondary N) is 1. The normalized spacial score (nSPS) is 11.2. The summed E-state index contributed by atoms with van der Waals surface area (Å²) in [5.41, 5.74) is 0.476. The lowest BCUT2D eigenvalue weighted by atomic mass is 10.3. The molecule has 29 heavy (non-hydrogen) atoms. The van der Waals surface area contributed by atoms with Crippen LogP contribution in [0.1, 0.15) is 6.92 Å². The summed E-state index contributed by atoms with van der Waals surface area (Å²) in [5.74, 6) is -0.190. The smallest absolute Gasteiger partial charge is 0.269 e. The van der Waals surface area contributed by atoms with Crippen molar-refractivity contribution < 1.29 is 13.2 Å². The first-order chi connectivity index (χ1) is 13.7. The fourth-order valence-corrected chi connectivity index (χ4v) is 4.87. The van der Waals surface area contributed by atoms with Crippen LogP contribution < -0.4 is 9.62 Å². The molecule has 0 unspecified atom stereocenters. The molecule has 0 saturated heterocycles. The number of nitrogens with zero attached hydrogens (tertiary/aromatic N) is 2. The Labute approximate surface area is 183 Å². The Balaban J connectivity index is 2.17. The van der Waals surface area contributed by atoms with E-state index >= 15 is 0 Å². The van der Waals surface area contributed by atoms with Gasteiger partial charge in [-0.3, -0.25) is 4.79 Å². The largest absolute Gasteiger partial charge is 0.325 e. The number of aromatic nitrogens is 1. The lowest BCUT2D eigenvalue weighted by Gasteiger charge is -2.24. The van der Waals surface area contributed by atoms with Gasteiger partial charge in [-0.1, -0.05) is 40.9 Å². The first-order valence-corrected chi connectivity index (χ1v) is 10.8. The van der Waals surface area contributed by atoms with E-state index in [9.17, 15) is 13.2 Å². The number of amides is 1. The molecule has 1 amide bonds. The zero-order valence-electron chi connectivity index (χ0n) is 14.9. The highest BCUT2D eigenvalue weighted by Gasteiger charge is 2.30. The fraction of sp³-hybridized carbons (Fsp3) is 0.0526. The van der Waals surface area contributed by atoms with Crippen LogP contribution >= 0.6 is 34.8 Å². The maximum absolute atomic E-state index is 13.5. The minimum Gasteiger partial charge on any atom is -0.325 e. The van der Waals surface area contributed by atoms with Crippen molar-refractivity contribution in [1.82, 2.24) is 4.98 Å². The van der Waals surface area contributed by atoms with E-state index in [0.717, 1.165) is 4.31 Å². The van der Waals surface area contributed by atoms with Gasteiger partial charge in [0.2, 0.25) is 5.91 Å². The summed E-state index contributed by atoms with van der Waals surface area (Å²) >= 11 is 18.4. The number of sulfonamides is 1. The average Bonchev–Trinajstić information content (AvgIpc) is 2.66. The van der Waals surface area contributed by atoms with E-state index in [0.29, 0.717) is 10.7 Å². The Hall–Kier alpha value is -2.32. The monoisotopic (exact) mass is 469 g/mol. The van der Waals surface area contributed by atoms with Gasteiger partial charge in [0, 0.05) is 18.1 Å². The first kappa shape index (κ1) is 21.4. The number of hydrogen-bond donors (Lipinski definition) is 1. The lowest BCUT2D eigenvalue weighted by molar-refractivity contribution is -0.114. The molecule has 1 N–H and O–H groups in total. The summed E-state index contributed by atoms with van der Waals surface area (Å²) in [6.45, 7) is 1.33. The highest BCUT2D eigenvalue weighted by molar-refractivity contribution is 7.93. The number of carbonyl (C=O) groups excluding carboxylic acids is 1. The van der Waals surface area contributed by atoms with Gasteiger partial charge in [-0.15, -0.1) is 0 Å². The van der Waals surface area contributed by atoms with Gasteiger partial charge in [0.15, 0.2) is 0 Å². The molecule has 3 aromatic rings. The molecule has 150 valence electrons. The molecule has 6 nitrogen and oxygen atoms in total. The van der Waals surface area contributed by atoms with Crippen LogP contribution in [-0.2, 0) is 14.8 Å². The number of rotatable bonds is 5. The molecule has 0 aliphatic heterocycles. The van der Waals surface area contributed by atoms with E-state index in [1.807, 2.05) is 0 Å². The predicted octanol–water partition coefficient (Wildman–Crippen LogP) is 5.53. The Morgan fingerprint density at radius 2 is 1.76 bits per heavy atom. The van der Waals surface area contributed by atoms with Crippen LogP contribution in [0.4, 0.5) is 17.2 Å². The van der Waals surface area contributed by atoms with Gasteiger partial charge >= 0.3 is 0 Å². The third-order valence-corrected chi connectivity index (χ3v) is 6.34. The van der Waals surface area contributed by atoms with Gasteiger partial charge in [-0.25, -0.2) is 17.7 Å².